The van der Waals surface area contributed by atoms with Crippen LogP contribution in [0.15, 0.2) is 24.3 Å². The molecule has 3 rings (SSSR count). The van der Waals surface area contributed by atoms with Gasteiger partial charge >= 0.3 is 0 Å². The number of amides is 1. The molecule has 1 aromatic rings. The van der Waals surface area contributed by atoms with E-state index < -0.39 is 0 Å². The van der Waals surface area contributed by atoms with Crippen LogP contribution in [0, 0.1) is 6.92 Å². The Balaban J connectivity index is 1.75. The summed E-state index contributed by atoms with van der Waals surface area (Å²) in [6.45, 7) is 8.42. The molecule has 120 valence electrons. The normalized spacial score (nSPS) is 26.4. The van der Waals surface area contributed by atoms with Crippen LogP contribution in [0.5, 0.6) is 0 Å². The van der Waals surface area contributed by atoms with E-state index in [1.807, 2.05) is 4.90 Å². The minimum absolute atomic E-state index is 0.170. The molecule has 0 N–H and O–H groups in total. The Morgan fingerprint density at radius 2 is 2.14 bits per heavy atom. The minimum Gasteiger partial charge on any atom is -0.366 e. The van der Waals surface area contributed by atoms with Gasteiger partial charge in [0.25, 0.3) is 5.91 Å². The van der Waals surface area contributed by atoms with Crippen LogP contribution in [0.3, 0.4) is 0 Å². The third kappa shape index (κ3) is 3.03. The van der Waals surface area contributed by atoms with Gasteiger partial charge in [-0.05, 0) is 37.4 Å². The van der Waals surface area contributed by atoms with Gasteiger partial charge < -0.3 is 9.64 Å². The Labute approximate surface area is 133 Å². The highest BCUT2D eigenvalue weighted by molar-refractivity contribution is 5.82. The number of morpholine rings is 1. The van der Waals surface area contributed by atoms with Gasteiger partial charge in [0.1, 0.15) is 6.10 Å². The molecule has 2 heterocycles. The summed E-state index contributed by atoms with van der Waals surface area (Å²) in [5.74, 6) is 0.170. The molecule has 2 atom stereocenters. The molecule has 0 aliphatic carbocycles. The predicted octanol–water partition coefficient (Wildman–Crippen LogP) is 2.38. The monoisotopic (exact) mass is 302 g/mol. The quantitative estimate of drug-likeness (QED) is 0.859. The van der Waals surface area contributed by atoms with Crippen LogP contribution in [0.2, 0.25) is 0 Å². The fraction of sp³-hybridized carbons (Fsp3) is 0.611. The summed E-state index contributed by atoms with van der Waals surface area (Å²) in [4.78, 5) is 17.3. The standard InChI is InChI=1S/C18H26N2O2/c1-3-19-11-12-22-17(13-19)18(21)20-10-6-9-16(20)15-8-5-4-7-14(15)2/h4-5,7-8,16-17H,3,6,9-13H2,1-2H3. The van der Waals surface area contributed by atoms with Crippen molar-refractivity contribution in [3.63, 3.8) is 0 Å². The van der Waals surface area contributed by atoms with E-state index in [1.165, 1.54) is 11.1 Å². The van der Waals surface area contributed by atoms with Crippen LogP contribution >= 0.6 is 0 Å². The number of carbonyl (C=O) groups excluding carboxylic acids is 1. The van der Waals surface area contributed by atoms with Gasteiger partial charge in [-0.2, -0.15) is 0 Å². The van der Waals surface area contributed by atoms with E-state index in [-0.39, 0.29) is 18.1 Å². The van der Waals surface area contributed by atoms with Crippen LogP contribution in [0.25, 0.3) is 0 Å². The number of ether oxygens (including phenoxy) is 1. The van der Waals surface area contributed by atoms with Crippen molar-refractivity contribution in [1.29, 1.82) is 0 Å². The molecule has 0 radical (unpaired) electrons. The van der Waals surface area contributed by atoms with Gasteiger partial charge in [0.05, 0.1) is 12.6 Å². The van der Waals surface area contributed by atoms with Crippen molar-refractivity contribution in [2.45, 2.75) is 38.8 Å². The lowest BCUT2D eigenvalue weighted by Gasteiger charge is -2.35. The van der Waals surface area contributed by atoms with Gasteiger partial charge in [-0.15, -0.1) is 0 Å². The topological polar surface area (TPSA) is 32.8 Å². The zero-order valence-electron chi connectivity index (χ0n) is 13.6. The van der Waals surface area contributed by atoms with Crippen molar-refractivity contribution in [1.82, 2.24) is 9.80 Å². The second-order valence-electron chi connectivity index (χ2n) is 6.30. The van der Waals surface area contributed by atoms with Gasteiger partial charge in [-0.25, -0.2) is 0 Å². The average Bonchev–Trinajstić information content (AvgIpc) is 3.04. The summed E-state index contributed by atoms with van der Waals surface area (Å²) >= 11 is 0. The summed E-state index contributed by atoms with van der Waals surface area (Å²) in [6, 6.07) is 8.63. The first-order valence-corrected chi connectivity index (χ1v) is 8.40. The van der Waals surface area contributed by atoms with Crippen molar-refractivity contribution in [3.05, 3.63) is 35.4 Å². The van der Waals surface area contributed by atoms with Gasteiger partial charge in [0, 0.05) is 19.6 Å². The van der Waals surface area contributed by atoms with Gasteiger partial charge in [0.2, 0.25) is 0 Å². The summed E-state index contributed by atoms with van der Waals surface area (Å²) in [5.41, 5.74) is 2.56. The van der Waals surface area contributed by atoms with Crippen molar-refractivity contribution in [3.8, 4) is 0 Å². The molecule has 2 saturated heterocycles. The summed E-state index contributed by atoms with van der Waals surface area (Å²) in [7, 11) is 0. The molecule has 2 aliphatic heterocycles. The van der Waals surface area contributed by atoms with Crippen LogP contribution in [-0.2, 0) is 9.53 Å². The second-order valence-corrected chi connectivity index (χ2v) is 6.30. The molecular weight excluding hydrogens is 276 g/mol. The third-order valence-corrected chi connectivity index (χ3v) is 4.96. The van der Waals surface area contributed by atoms with E-state index in [2.05, 4.69) is 43.0 Å². The molecule has 4 heteroatoms. The van der Waals surface area contributed by atoms with E-state index >= 15 is 0 Å². The molecule has 2 fully saturated rings. The number of likely N-dealkylation sites (tertiary alicyclic amines) is 1. The number of benzene rings is 1. The number of aryl methyl sites for hydroxylation is 1. The smallest absolute Gasteiger partial charge is 0.253 e. The summed E-state index contributed by atoms with van der Waals surface area (Å²) in [5, 5.41) is 0. The fourth-order valence-corrected chi connectivity index (χ4v) is 3.64. The second kappa shape index (κ2) is 6.80. The summed E-state index contributed by atoms with van der Waals surface area (Å²) < 4.78 is 5.77. The Morgan fingerprint density at radius 1 is 1.32 bits per heavy atom. The lowest BCUT2D eigenvalue weighted by atomic mass is 9.99. The fourth-order valence-electron chi connectivity index (χ4n) is 3.64. The maximum absolute atomic E-state index is 12.9. The molecule has 2 aliphatic rings. The lowest BCUT2D eigenvalue weighted by Crippen LogP contribution is -2.50. The molecule has 4 nitrogen and oxygen atoms in total. The molecule has 1 aromatic carbocycles. The molecule has 1 amide bonds. The van der Waals surface area contributed by atoms with Gasteiger partial charge in [-0.3, -0.25) is 9.69 Å². The third-order valence-electron chi connectivity index (χ3n) is 4.96. The molecule has 0 aromatic heterocycles. The SMILES string of the molecule is CCN1CCOC(C(=O)N2CCCC2c2ccccc2C)C1. The minimum atomic E-state index is -0.293. The van der Waals surface area contributed by atoms with Crippen molar-refractivity contribution < 1.29 is 9.53 Å². The van der Waals surface area contributed by atoms with Crippen LogP contribution in [0.1, 0.15) is 36.9 Å². The highest BCUT2D eigenvalue weighted by atomic mass is 16.5. The molecule has 0 saturated carbocycles. The molecule has 0 spiro atoms. The van der Waals surface area contributed by atoms with Gasteiger partial charge in [0.15, 0.2) is 0 Å². The summed E-state index contributed by atoms with van der Waals surface area (Å²) in [6.07, 6.45) is 1.84. The zero-order valence-corrected chi connectivity index (χ0v) is 13.6. The van der Waals surface area contributed by atoms with Crippen molar-refractivity contribution in [2.75, 3.05) is 32.8 Å². The average molecular weight is 302 g/mol. The van der Waals surface area contributed by atoms with Gasteiger partial charge in [-0.1, -0.05) is 31.2 Å². The highest BCUT2D eigenvalue weighted by Crippen LogP contribution is 2.34. The van der Waals surface area contributed by atoms with Crippen molar-refractivity contribution in [2.24, 2.45) is 0 Å². The molecular formula is C18H26N2O2. The largest absolute Gasteiger partial charge is 0.366 e. The first kappa shape index (κ1) is 15.5. The Morgan fingerprint density at radius 3 is 2.91 bits per heavy atom. The van der Waals surface area contributed by atoms with Crippen LogP contribution in [-0.4, -0.2) is 54.6 Å². The van der Waals surface area contributed by atoms with E-state index in [9.17, 15) is 4.79 Å². The van der Waals surface area contributed by atoms with E-state index in [1.54, 1.807) is 0 Å². The number of carbonyl (C=O) groups is 1. The number of likely N-dealkylation sites (N-methyl/N-ethyl adjacent to an activating group) is 1. The molecule has 0 bridgehead atoms. The first-order valence-electron chi connectivity index (χ1n) is 8.40. The van der Waals surface area contributed by atoms with E-state index in [4.69, 9.17) is 4.74 Å². The number of hydrogen-bond donors (Lipinski definition) is 0. The first-order chi connectivity index (χ1) is 10.7. The zero-order chi connectivity index (χ0) is 15.5. The van der Waals surface area contributed by atoms with Crippen LogP contribution in [0.4, 0.5) is 0 Å². The Kier molecular flexibility index (Phi) is 4.79. The van der Waals surface area contributed by atoms with E-state index in [0.29, 0.717) is 6.61 Å². The maximum atomic E-state index is 12.9. The Bertz CT molecular complexity index is 532. The Hall–Kier alpha value is -1.39. The highest BCUT2D eigenvalue weighted by Gasteiger charge is 2.36. The number of rotatable bonds is 3. The lowest BCUT2D eigenvalue weighted by molar-refractivity contribution is -0.150. The molecule has 2 unspecified atom stereocenters. The van der Waals surface area contributed by atoms with Crippen molar-refractivity contribution >= 4 is 5.91 Å². The predicted molar refractivity (Wildman–Crippen MR) is 86.7 cm³/mol. The van der Waals surface area contributed by atoms with E-state index in [0.717, 1.165) is 39.0 Å². The molecule has 22 heavy (non-hydrogen) atoms. The number of nitrogens with zero attached hydrogens (tertiary/aromatic N) is 2. The maximum Gasteiger partial charge on any atom is 0.253 e. The van der Waals surface area contributed by atoms with Crippen LogP contribution < -0.4 is 0 Å². The number of hydrogen-bond acceptors (Lipinski definition) is 3.